The Kier molecular flexibility index (Phi) is 3.98. The van der Waals surface area contributed by atoms with Crippen LogP contribution in [-0.4, -0.2) is 13.1 Å². The van der Waals surface area contributed by atoms with Crippen molar-refractivity contribution >= 4 is 11.5 Å². The number of hydrogen-bond acceptors (Lipinski definition) is 3. The van der Waals surface area contributed by atoms with E-state index in [9.17, 15) is 4.79 Å². The number of methoxy groups -OCH3 is 1. The van der Waals surface area contributed by atoms with Gasteiger partial charge in [0.1, 0.15) is 11.5 Å². The average Bonchev–Trinajstić information content (AvgIpc) is 2.47. The van der Waals surface area contributed by atoms with Gasteiger partial charge < -0.3 is 9.47 Å². The first-order valence-corrected chi connectivity index (χ1v) is 5.81. The van der Waals surface area contributed by atoms with Crippen LogP contribution in [0.3, 0.4) is 0 Å². The second-order valence-electron chi connectivity index (χ2n) is 3.91. The van der Waals surface area contributed by atoms with E-state index >= 15 is 0 Å². The Morgan fingerprint density at radius 1 is 0.947 bits per heavy atom. The van der Waals surface area contributed by atoms with Gasteiger partial charge >= 0.3 is 5.97 Å². The van der Waals surface area contributed by atoms with Crippen LogP contribution in [0.15, 0.2) is 61.2 Å². The van der Waals surface area contributed by atoms with Crippen molar-refractivity contribution in [2.24, 2.45) is 0 Å². The summed E-state index contributed by atoms with van der Waals surface area (Å²) in [6, 6.07) is 16.6. The summed E-state index contributed by atoms with van der Waals surface area (Å²) in [5, 5.41) is 0. The largest absolute Gasteiger partial charge is 0.465 e. The Balaban J connectivity index is 2.11. The van der Waals surface area contributed by atoms with Crippen LogP contribution in [0.1, 0.15) is 5.56 Å². The van der Waals surface area contributed by atoms with Gasteiger partial charge in [-0.2, -0.15) is 0 Å². The van der Waals surface area contributed by atoms with Gasteiger partial charge in [0, 0.05) is 0 Å². The fourth-order valence-electron chi connectivity index (χ4n) is 1.59. The number of carbonyl (C=O) groups excluding carboxylic acids is 1. The molecule has 0 bridgehead atoms. The van der Waals surface area contributed by atoms with E-state index in [0.29, 0.717) is 16.9 Å². The number of benzene rings is 2. The molecule has 2 aromatic rings. The van der Waals surface area contributed by atoms with E-state index in [1.165, 1.54) is 7.11 Å². The Labute approximate surface area is 112 Å². The molecule has 0 amide bonds. The molecule has 96 valence electrons. The Bertz CT molecular complexity index is 571. The zero-order valence-electron chi connectivity index (χ0n) is 10.6. The van der Waals surface area contributed by atoms with Crippen molar-refractivity contribution in [2.45, 2.75) is 0 Å². The van der Waals surface area contributed by atoms with Gasteiger partial charge in [0.25, 0.3) is 0 Å². The van der Waals surface area contributed by atoms with E-state index in [0.717, 1.165) is 5.75 Å². The minimum absolute atomic E-state index is 0.328. The fourth-order valence-corrected chi connectivity index (χ4v) is 1.59. The van der Waals surface area contributed by atoms with Crippen LogP contribution in [0, 0.1) is 0 Å². The lowest BCUT2D eigenvalue weighted by molar-refractivity contribution is -0.133. The topological polar surface area (TPSA) is 35.5 Å². The third-order valence-corrected chi connectivity index (χ3v) is 2.61. The van der Waals surface area contributed by atoms with Gasteiger partial charge in [-0.25, -0.2) is 4.79 Å². The Morgan fingerprint density at radius 2 is 1.53 bits per heavy atom. The van der Waals surface area contributed by atoms with Gasteiger partial charge in [-0.3, -0.25) is 0 Å². The van der Waals surface area contributed by atoms with Crippen molar-refractivity contribution in [3.05, 3.63) is 66.7 Å². The minimum atomic E-state index is -0.434. The second-order valence-corrected chi connectivity index (χ2v) is 3.91. The Hall–Kier alpha value is -2.55. The molecule has 0 aromatic heterocycles. The zero-order chi connectivity index (χ0) is 13.7. The predicted molar refractivity (Wildman–Crippen MR) is 74.0 cm³/mol. The van der Waals surface area contributed by atoms with Crippen molar-refractivity contribution in [3.8, 4) is 11.5 Å². The quantitative estimate of drug-likeness (QED) is 0.617. The maximum atomic E-state index is 11.3. The lowest BCUT2D eigenvalue weighted by atomic mass is 10.1. The summed E-state index contributed by atoms with van der Waals surface area (Å²) in [4.78, 5) is 11.3. The third-order valence-electron chi connectivity index (χ3n) is 2.61. The van der Waals surface area contributed by atoms with E-state index in [-0.39, 0.29) is 0 Å². The summed E-state index contributed by atoms with van der Waals surface area (Å²) in [5.41, 5.74) is 1.04. The average molecular weight is 254 g/mol. The second kappa shape index (κ2) is 5.87. The first-order chi connectivity index (χ1) is 9.20. The molecule has 0 spiro atoms. The van der Waals surface area contributed by atoms with Crippen LogP contribution in [-0.2, 0) is 9.53 Å². The van der Waals surface area contributed by atoms with Gasteiger partial charge in [-0.15, -0.1) is 0 Å². The predicted octanol–water partition coefficient (Wildman–Crippen LogP) is 3.67. The summed E-state index contributed by atoms with van der Waals surface area (Å²) < 4.78 is 10.3. The van der Waals surface area contributed by atoms with E-state index in [1.54, 1.807) is 24.3 Å². The molecular formula is C16H14O3. The smallest absolute Gasteiger partial charge is 0.337 e. The highest BCUT2D eigenvalue weighted by atomic mass is 16.5. The monoisotopic (exact) mass is 254 g/mol. The van der Waals surface area contributed by atoms with Crippen LogP contribution in [0.2, 0.25) is 0 Å². The molecule has 3 heteroatoms. The molecule has 0 saturated carbocycles. The molecule has 3 nitrogen and oxygen atoms in total. The molecule has 0 aliphatic rings. The molecule has 0 fully saturated rings. The summed E-state index contributed by atoms with van der Waals surface area (Å²) in [7, 11) is 1.33. The van der Waals surface area contributed by atoms with Crippen LogP contribution < -0.4 is 4.74 Å². The van der Waals surface area contributed by atoms with Gasteiger partial charge in [-0.1, -0.05) is 36.9 Å². The summed E-state index contributed by atoms with van der Waals surface area (Å²) in [6.45, 7) is 3.69. The first kappa shape index (κ1) is 12.9. The fraction of sp³-hybridized carbons (Fsp3) is 0.0625. The Morgan fingerprint density at radius 3 is 2.11 bits per heavy atom. The maximum absolute atomic E-state index is 11.3. The highest BCUT2D eigenvalue weighted by Crippen LogP contribution is 2.23. The lowest BCUT2D eigenvalue weighted by Crippen LogP contribution is -2.02. The van der Waals surface area contributed by atoms with Crippen molar-refractivity contribution in [1.29, 1.82) is 0 Å². The van der Waals surface area contributed by atoms with Crippen LogP contribution in [0.25, 0.3) is 5.57 Å². The maximum Gasteiger partial charge on any atom is 0.337 e. The van der Waals surface area contributed by atoms with Gasteiger partial charge in [0.15, 0.2) is 0 Å². The van der Waals surface area contributed by atoms with Crippen molar-refractivity contribution in [1.82, 2.24) is 0 Å². The molecule has 0 heterocycles. The summed E-state index contributed by atoms with van der Waals surface area (Å²) >= 11 is 0. The standard InChI is InChI=1S/C16H14O3/c1-12(16(17)18-2)13-8-10-15(11-9-13)19-14-6-4-3-5-7-14/h3-11H,1H2,2H3. The number of esters is 1. The van der Waals surface area contributed by atoms with E-state index in [2.05, 4.69) is 11.3 Å². The molecule has 0 N–H and O–H groups in total. The number of carbonyl (C=O) groups is 1. The SMILES string of the molecule is C=C(C(=O)OC)c1ccc(Oc2ccccc2)cc1. The molecule has 0 aliphatic heterocycles. The van der Waals surface area contributed by atoms with Crippen molar-refractivity contribution < 1.29 is 14.3 Å². The summed E-state index contributed by atoms with van der Waals surface area (Å²) in [6.07, 6.45) is 0. The van der Waals surface area contributed by atoms with Crippen molar-refractivity contribution in [3.63, 3.8) is 0 Å². The molecule has 0 aliphatic carbocycles. The van der Waals surface area contributed by atoms with E-state index < -0.39 is 5.97 Å². The molecule has 2 aromatic carbocycles. The molecule has 0 unspecified atom stereocenters. The molecule has 0 radical (unpaired) electrons. The number of rotatable bonds is 4. The molecule has 2 rings (SSSR count). The van der Waals surface area contributed by atoms with Gasteiger partial charge in [0.2, 0.25) is 0 Å². The van der Waals surface area contributed by atoms with Gasteiger partial charge in [0.05, 0.1) is 12.7 Å². The number of hydrogen-bond donors (Lipinski definition) is 0. The zero-order valence-corrected chi connectivity index (χ0v) is 10.6. The molecule has 0 atom stereocenters. The molecular weight excluding hydrogens is 240 g/mol. The first-order valence-electron chi connectivity index (χ1n) is 5.81. The highest BCUT2D eigenvalue weighted by Gasteiger charge is 2.09. The summed E-state index contributed by atoms with van der Waals surface area (Å²) in [5.74, 6) is 1.03. The normalized spacial score (nSPS) is 9.74. The van der Waals surface area contributed by atoms with Crippen molar-refractivity contribution in [2.75, 3.05) is 7.11 Å². The highest BCUT2D eigenvalue weighted by molar-refractivity contribution is 6.15. The minimum Gasteiger partial charge on any atom is -0.465 e. The number of para-hydroxylation sites is 1. The number of ether oxygens (including phenoxy) is 2. The molecule has 0 saturated heterocycles. The van der Waals surface area contributed by atoms with Gasteiger partial charge in [-0.05, 0) is 29.8 Å². The van der Waals surface area contributed by atoms with Crippen LogP contribution >= 0.6 is 0 Å². The van der Waals surface area contributed by atoms with Crippen LogP contribution in [0.5, 0.6) is 11.5 Å². The van der Waals surface area contributed by atoms with Crippen LogP contribution in [0.4, 0.5) is 0 Å². The third kappa shape index (κ3) is 3.22. The van der Waals surface area contributed by atoms with E-state index in [4.69, 9.17) is 4.74 Å². The molecule has 19 heavy (non-hydrogen) atoms. The van der Waals surface area contributed by atoms with E-state index in [1.807, 2.05) is 30.3 Å². The lowest BCUT2D eigenvalue weighted by Gasteiger charge is -2.07.